The van der Waals surface area contributed by atoms with Crippen LogP contribution in [0.25, 0.3) is 0 Å². The topological polar surface area (TPSA) is 70.9 Å². The van der Waals surface area contributed by atoms with Crippen LogP contribution in [0.15, 0.2) is 52.0 Å². The molecule has 0 aromatic heterocycles. The Kier molecular flexibility index (Phi) is 5.76. The highest BCUT2D eigenvalue weighted by atomic mass is 79.9. The van der Waals surface area contributed by atoms with Crippen molar-refractivity contribution in [2.75, 3.05) is 0 Å². The number of nitrogens with zero attached hydrogens (tertiary/aromatic N) is 1. The number of para-hydroxylation sites is 1. The van der Waals surface area contributed by atoms with Gasteiger partial charge in [-0.3, -0.25) is 4.79 Å². The number of halogens is 1. The van der Waals surface area contributed by atoms with Crippen molar-refractivity contribution in [2.45, 2.75) is 20.0 Å². The van der Waals surface area contributed by atoms with Gasteiger partial charge in [-0.1, -0.05) is 18.2 Å². The Bertz CT molecular complexity index is 732. The van der Waals surface area contributed by atoms with Gasteiger partial charge in [0.2, 0.25) is 0 Å². The van der Waals surface area contributed by atoms with Crippen molar-refractivity contribution in [3.8, 4) is 11.5 Å². The van der Waals surface area contributed by atoms with Crippen LogP contribution in [0.4, 0.5) is 0 Å². The molecule has 0 radical (unpaired) electrons. The number of hydrogen-bond acceptors (Lipinski definition) is 4. The number of hydrazone groups is 1. The number of carbonyl (C=O) groups excluding carboxylic acids is 1. The molecule has 2 aromatic carbocycles. The number of hydrogen-bond donors (Lipinski definition) is 2. The molecule has 0 aliphatic heterocycles. The largest absolute Gasteiger partial charge is 0.507 e. The van der Waals surface area contributed by atoms with E-state index in [9.17, 15) is 9.90 Å². The fraction of sp³-hybridized carbons (Fsp3) is 0.176. The van der Waals surface area contributed by atoms with Crippen LogP contribution in [-0.2, 0) is 4.79 Å². The van der Waals surface area contributed by atoms with Gasteiger partial charge < -0.3 is 9.84 Å². The number of benzene rings is 2. The average molecular weight is 377 g/mol. The second-order valence-corrected chi connectivity index (χ2v) is 5.84. The van der Waals surface area contributed by atoms with Crippen LogP contribution in [0.5, 0.6) is 11.5 Å². The number of carbonyl (C=O) groups is 1. The van der Waals surface area contributed by atoms with E-state index < -0.39 is 6.10 Å². The van der Waals surface area contributed by atoms with Gasteiger partial charge in [-0.15, -0.1) is 0 Å². The molecule has 0 heterocycles. The number of rotatable bonds is 5. The van der Waals surface area contributed by atoms with Gasteiger partial charge in [-0.25, -0.2) is 5.43 Å². The van der Waals surface area contributed by atoms with Crippen LogP contribution < -0.4 is 10.2 Å². The number of nitrogens with one attached hydrogen (secondary N) is 1. The van der Waals surface area contributed by atoms with E-state index in [0.717, 1.165) is 10.0 Å². The Morgan fingerprint density at radius 3 is 2.78 bits per heavy atom. The first-order valence-corrected chi connectivity index (χ1v) is 7.80. The number of phenolic OH excluding ortho intramolecular Hbond substituents is 1. The van der Waals surface area contributed by atoms with E-state index in [-0.39, 0.29) is 11.7 Å². The van der Waals surface area contributed by atoms with Crippen molar-refractivity contribution < 1.29 is 14.6 Å². The highest BCUT2D eigenvalue weighted by molar-refractivity contribution is 9.10. The lowest BCUT2D eigenvalue weighted by Gasteiger charge is -2.14. The first kappa shape index (κ1) is 17.0. The van der Waals surface area contributed by atoms with Crippen molar-refractivity contribution in [1.29, 1.82) is 0 Å². The summed E-state index contributed by atoms with van der Waals surface area (Å²) in [6.45, 7) is 3.61. The predicted molar refractivity (Wildman–Crippen MR) is 92.8 cm³/mol. The maximum Gasteiger partial charge on any atom is 0.280 e. The molecule has 0 saturated carbocycles. The van der Waals surface area contributed by atoms with Crippen LogP contribution >= 0.6 is 15.9 Å². The summed E-state index contributed by atoms with van der Waals surface area (Å²) < 4.78 is 6.39. The summed E-state index contributed by atoms with van der Waals surface area (Å²) in [5, 5.41) is 13.4. The maximum atomic E-state index is 12.0. The van der Waals surface area contributed by atoms with Crippen LogP contribution in [-0.4, -0.2) is 23.3 Å². The second kappa shape index (κ2) is 7.78. The van der Waals surface area contributed by atoms with Crippen molar-refractivity contribution >= 4 is 28.1 Å². The van der Waals surface area contributed by atoms with Gasteiger partial charge in [0.25, 0.3) is 5.91 Å². The first-order valence-electron chi connectivity index (χ1n) is 7.01. The van der Waals surface area contributed by atoms with E-state index in [2.05, 4.69) is 26.5 Å². The Labute approximate surface area is 143 Å². The molecule has 23 heavy (non-hydrogen) atoms. The van der Waals surface area contributed by atoms with Crippen molar-refractivity contribution in [1.82, 2.24) is 5.43 Å². The number of phenols is 1. The molecule has 6 heteroatoms. The van der Waals surface area contributed by atoms with Gasteiger partial charge in [0.05, 0.1) is 10.7 Å². The summed E-state index contributed by atoms with van der Waals surface area (Å²) in [5.41, 5.74) is 4.00. The van der Waals surface area contributed by atoms with Crippen LogP contribution in [0.2, 0.25) is 0 Å². The fourth-order valence-corrected chi connectivity index (χ4v) is 2.39. The summed E-state index contributed by atoms with van der Waals surface area (Å²) in [7, 11) is 0. The molecule has 1 amide bonds. The molecule has 2 N–H and O–H groups in total. The normalized spacial score (nSPS) is 12.1. The molecule has 1 atom stereocenters. The SMILES string of the molecule is Cc1ccc(O[C@@H](C)C(=O)N/N=C/c2ccccc2O)c(Br)c1. The zero-order valence-electron chi connectivity index (χ0n) is 12.8. The smallest absolute Gasteiger partial charge is 0.280 e. The number of aromatic hydroxyl groups is 1. The van der Waals surface area contributed by atoms with Crippen molar-refractivity contribution in [2.24, 2.45) is 5.10 Å². The fourth-order valence-electron chi connectivity index (χ4n) is 1.80. The van der Waals surface area contributed by atoms with Crippen molar-refractivity contribution in [3.63, 3.8) is 0 Å². The molecule has 5 nitrogen and oxygen atoms in total. The van der Waals surface area contributed by atoms with Gasteiger partial charge in [0, 0.05) is 5.56 Å². The third kappa shape index (κ3) is 4.82. The van der Waals surface area contributed by atoms with Gasteiger partial charge in [-0.05, 0) is 59.6 Å². The van der Waals surface area contributed by atoms with Crippen LogP contribution in [0, 0.1) is 6.92 Å². The summed E-state index contributed by atoms with van der Waals surface area (Å²) in [4.78, 5) is 12.0. The lowest BCUT2D eigenvalue weighted by Crippen LogP contribution is -2.33. The lowest BCUT2D eigenvalue weighted by molar-refractivity contribution is -0.127. The van der Waals surface area contributed by atoms with Gasteiger partial charge in [0.1, 0.15) is 11.5 Å². The minimum absolute atomic E-state index is 0.0957. The standard InChI is InChI=1S/C17H17BrN2O3/c1-11-7-8-16(14(18)9-11)23-12(2)17(22)20-19-10-13-5-3-4-6-15(13)21/h3-10,12,21H,1-2H3,(H,20,22)/b19-10+/t12-/m0/s1. The van der Waals surface area contributed by atoms with E-state index in [4.69, 9.17) is 4.74 Å². The summed E-state index contributed by atoms with van der Waals surface area (Å²) in [5.74, 6) is 0.297. The van der Waals surface area contributed by atoms with Crippen molar-refractivity contribution in [3.05, 3.63) is 58.1 Å². The van der Waals surface area contributed by atoms with E-state index >= 15 is 0 Å². The Morgan fingerprint density at radius 1 is 1.35 bits per heavy atom. The van der Waals surface area contributed by atoms with E-state index in [1.165, 1.54) is 6.21 Å². The molecule has 0 fully saturated rings. The van der Waals surface area contributed by atoms with Gasteiger partial charge in [0.15, 0.2) is 6.10 Å². The molecule has 120 valence electrons. The molecule has 0 unspecified atom stereocenters. The first-order chi connectivity index (χ1) is 11.0. The lowest BCUT2D eigenvalue weighted by atomic mass is 10.2. The third-order valence-electron chi connectivity index (χ3n) is 3.08. The Balaban J connectivity index is 1.94. The second-order valence-electron chi connectivity index (χ2n) is 4.99. The van der Waals surface area contributed by atoms with E-state index in [0.29, 0.717) is 11.3 Å². The molecule has 0 aliphatic carbocycles. The molecule has 0 spiro atoms. The molecular weight excluding hydrogens is 360 g/mol. The highest BCUT2D eigenvalue weighted by Gasteiger charge is 2.15. The Morgan fingerprint density at radius 2 is 2.09 bits per heavy atom. The number of ether oxygens (including phenoxy) is 1. The van der Waals surface area contributed by atoms with E-state index in [1.807, 2.05) is 19.1 Å². The summed E-state index contributed by atoms with van der Waals surface area (Å²) >= 11 is 3.40. The summed E-state index contributed by atoms with van der Waals surface area (Å²) in [6.07, 6.45) is 0.664. The third-order valence-corrected chi connectivity index (χ3v) is 3.70. The molecule has 0 saturated heterocycles. The maximum absolute atomic E-state index is 12.0. The molecule has 0 bridgehead atoms. The Hall–Kier alpha value is -2.34. The zero-order valence-corrected chi connectivity index (χ0v) is 14.4. The van der Waals surface area contributed by atoms with Gasteiger partial charge in [-0.2, -0.15) is 5.10 Å². The van der Waals surface area contributed by atoms with Crippen LogP contribution in [0.1, 0.15) is 18.1 Å². The quantitative estimate of drug-likeness (QED) is 0.620. The minimum Gasteiger partial charge on any atom is -0.507 e. The minimum atomic E-state index is -0.712. The van der Waals surface area contributed by atoms with Gasteiger partial charge >= 0.3 is 0 Å². The van der Waals surface area contributed by atoms with Crippen LogP contribution in [0.3, 0.4) is 0 Å². The highest BCUT2D eigenvalue weighted by Crippen LogP contribution is 2.26. The number of aryl methyl sites for hydroxylation is 1. The predicted octanol–water partition coefficient (Wildman–Crippen LogP) is 3.38. The number of amides is 1. The average Bonchev–Trinajstić information content (AvgIpc) is 2.51. The molecule has 2 rings (SSSR count). The monoisotopic (exact) mass is 376 g/mol. The van der Waals surface area contributed by atoms with E-state index in [1.54, 1.807) is 37.3 Å². The zero-order chi connectivity index (χ0) is 16.8. The molecule has 2 aromatic rings. The molecular formula is C17H17BrN2O3. The molecule has 0 aliphatic rings. The summed E-state index contributed by atoms with van der Waals surface area (Å²) in [6, 6.07) is 12.3.